The van der Waals surface area contributed by atoms with E-state index in [0.29, 0.717) is 23.5 Å². The van der Waals surface area contributed by atoms with Gasteiger partial charge in [0.05, 0.1) is 6.54 Å². The Bertz CT molecular complexity index is 916. The molecule has 0 unspecified atom stereocenters. The summed E-state index contributed by atoms with van der Waals surface area (Å²) in [6, 6.07) is 0. The van der Waals surface area contributed by atoms with Gasteiger partial charge in [0.2, 0.25) is 0 Å². The van der Waals surface area contributed by atoms with Crippen molar-refractivity contribution >= 4 is 11.2 Å². The number of likely N-dealkylation sites (tertiary alicyclic amines) is 1. The molecule has 0 aliphatic carbocycles. The number of aryl methyl sites for hydroxylation is 2. The van der Waals surface area contributed by atoms with E-state index < -0.39 is 0 Å². The molecule has 1 aliphatic heterocycles. The zero-order chi connectivity index (χ0) is 16.6. The Balaban J connectivity index is 1.98. The monoisotopic (exact) mass is 315 g/mol. The first-order valence-electron chi connectivity index (χ1n) is 7.84. The third kappa shape index (κ3) is 2.70. The van der Waals surface area contributed by atoms with Gasteiger partial charge in [-0.25, -0.2) is 9.78 Å². The number of piperidine rings is 1. The molecule has 0 saturated carbocycles. The molecule has 0 aromatic carbocycles. The standard InChI is InChI=1S/C16H21N5O2/c1-18-12(8-7-11-21-9-5-4-6-10-21)17-14-13(18)15(22)20(3)16(23)19(14)2/h4-6,9-11H2,1-3H3. The molecule has 3 heterocycles. The molecule has 7 nitrogen and oxygen atoms in total. The van der Waals surface area contributed by atoms with Gasteiger partial charge in [0.25, 0.3) is 5.56 Å². The average molecular weight is 315 g/mol. The lowest BCUT2D eigenvalue weighted by Crippen LogP contribution is -2.37. The van der Waals surface area contributed by atoms with Gasteiger partial charge in [-0.1, -0.05) is 12.3 Å². The van der Waals surface area contributed by atoms with Crippen molar-refractivity contribution in [3.8, 4) is 11.8 Å². The summed E-state index contributed by atoms with van der Waals surface area (Å²) >= 11 is 0. The second-order valence-corrected chi connectivity index (χ2v) is 6.01. The van der Waals surface area contributed by atoms with Crippen LogP contribution < -0.4 is 11.2 Å². The topological polar surface area (TPSA) is 65.1 Å². The lowest BCUT2D eigenvalue weighted by Gasteiger charge is -2.23. The van der Waals surface area contributed by atoms with Gasteiger partial charge in [-0.15, -0.1) is 0 Å². The van der Waals surface area contributed by atoms with Gasteiger partial charge in [-0.05, 0) is 31.9 Å². The number of hydrogen-bond donors (Lipinski definition) is 0. The maximum absolute atomic E-state index is 12.3. The highest BCUT2D eigenvalue weighted by Crippen LogP contribution is 2.09. The first kappa shape index (κ1) is 15.6. The van der Waals surface area contributed by atoms with E-state index in [1.165, 1.54) is 30.9 Å². The fourth-order valence-electron chi connectivity index (χ4n) is 2.98. The normalized spacial score (nSPS) is 15.6. The molecule has 122 valence electrons. The van der Waals surface area contributed by atoms with Crippen molar-refractivity contribution in [2.75, 3.05) is 19.6 Å². The van der Waals surface area contributed by atoms with Crippen molar-refractivity contribution < 1.29 is 0 Å². The molecule has 1 saturated heterocycles. The van der Waals surface area contributed by atoms with Crippen LogP contribution in [0.2, 0.25) is 0 Å². The number of aromatic nitrogens is 4. The van der Waals surface area contributed by atoms with Gasteiger partial charge < -0.3 is 4.57 Å². The minimum atomic E-state index is -0.381. The predicted molar refractivity (Wildman–Crippen MR) is 88.4 cm³/mol. The Morgan fingerprint density at radius 1 is 1.00 bits per heavy atom. The number of imidazole rings is 1. The van der Waals surface area contributed by atoms with Crippen molar-refractivity contribution in [3.05, 3.63) is 26.7 Å². The minimum Gasteiger partial charge on any atom is -0.315 e. The zero-order valence-electron chi connectivity index (χ0n) is 13.8. The van der Waals surface area contributed by atoms with Crippen LogP contribution >= 0.6 is 0 Å². The third-order valence-electron chi connectivity index (χ3n) is 4.43. The van der Waals surface area contributed by atoms with E-state index in [4.69, 9.17) is 0 Å². The van der Waals surface area contributed by atoms with E-state index in [2.05, 4.69) is 21.7 Å². The summed E-state index contributed by atoms with van der Waals surface area (Å²) in [5.41, 5.74) is 0.0513. The molecule has 1 aliphatic rings. The summed E-state index contributed by atoms with van der Waals surface area (Å²) in [5.74, 6) is 6.69. The number of nitrogens with zero attached hydrogens (tertiary/aromatic N) is 5. The highest BCUT2D eigenvalue weighted by atomic mass is 16.2. The van der Waals surface area contributed by atoms with Crippen LogP contribution in [-0.4, -0.2) is 43.2 Å². The van der Waals surface area contributed by atoms with Gasteiger partial charge in [-0.2, -0.15) is 0 Å². The molecule has 1 fully saturated rings. The van der Waals surface area contributed by atoms with Crippen molar-refractivity contribution in [3.63, 3.8) is 0 Å². The molecule has 0 amide bonds. The Kier molecular flexibility index (Phi) is 4.09. The van der Waals surface area contributed by atoms with Crippen LogP contribution in [0.4, 0.5) is 0 Å². The van der Waals surface area contributed by atoms with Crippen molar-refractivity contribution in [2.24, 2.45) is 21.1 Å². The third-order valence-corrected chi connectivity index (χ3v) is 4.43. The molecular weight excluding hydrogens is 294 g/mol. The lowest BCUT2D eigenvalue weighted by atomic mass is 10.1. The van der Waals surface area contributed by atoms with E-state index in [1.807, 2.05) is 0 Å². The summed E-state index contributed by atoms with van der Waals surface area (Å²) in [4.78, 5) is 31.0. The molecule has 7 heteroatoms. The quantitative estimate of drug-likeness (QED) is 0.684. The Hall–Kier alpha value is -2.33. The van der Waals surface area contributed by atoms with Crippen molar-refractivity contribution in [2.45, 2.75) is 19.3 Å². The van der Waals surface area contributed by atoms with Crippen LogP contribution in [0.15, 0.2) is 9.59 Å². The molecule has 2 aromatic rings. The van der Waals surface area contributed by atoms with Crippen LogP contribution in [0, 0.1) is 11.8 Å². The van der Waals surface area contributed by atoms with Gasteiger partial charge in [-0.3, -0.25) is 18.8 Å². The van der Waals surface area contributed by atoms with Gasteiger partial charge >= 0.3 is 5.69 Å². The maximum atomic E-state index is 12.3. The van der Waals surface area contributed by atoms with E-state index in [9.17, 15) is 9.59 Å². The van der Waals surface area contributed by atoms with Gasteiger partial charge in [0.15, 0.2) is 17.0 Å². The Morgan fingerprint density at radius 3 is 2.39 bits per heavy atom. The van der Waals surface area contributed by atoms with E-state index in [0.717, 1.165) is 17.7 Å². The molecule has 3 rings (SSSR count). The van der Waals surface area contributed by atoms with Crippen LogP contribution in [-0.2, 0) is 21.1 Å². The number of hydrogen-bond acceptors (Lipinski definition) is 4. The molecule has 0 bridgehead atoms. The number of rotatable bonds is 1. The Labute approximate surface area is 134 Å². The van der Waals surface area contributed by atoms with E-state index in [-0.39, 0.29) is 11.2 Å². The highest BCUT2D eigenvalue weighted by Gasteiger charge is 2.15. The summed E-state index contributed by atoms with van der Waals surface area (Å²) in [5, 5.41) is 0. The molecule has 0 spiro atoms. The minimum absolute atomic E-state index is 0.345. The van der Waals surface area contributed by atoms with Crippen LogP contribution in [0.25, 0.3) is 11.2 Å². The summed E-state index contributed by atoms with van der Waals surface area (Å²) in [7, 11) is 4.84. The molecule has 23 heavy (non-hydrogen) atoms. The van der Waals surface area contributed by atoms with Crippen LogP contribution in [0.3, 0.4) is 0 Å². The second kappa shape index (κ2) is 6.05. The fourth-order valence-corrected chi connectivity index (χ4v) is 2.98. The molecule has 2 aromatic heterocycles. The largest absolute Gasteiger partial charge is 0.332 e. The summed E-state index contributed by atoms with van der Waals surface area (Å²) in [6.45, 7) is 2.89. The molecule has 0 radical (unpaired) electrons. The maximum Gasteiger partial charge on any atom is 0.332 e. The summed E-state index contributed by atoms with van der Waals surface area (Å²) < 4.78 is 4.14. The molecular formula is C16H21N5O2. The van der Waals surface area contributed by atoms with E-state index in [1.54, 1.807) is 18.7 Å². The second-order valence-electron chi connectivity index (χ2n) is 6.01. The fraction of sp³-hybridized carbons (Fsp3) is 0.562. The smallest absolute Gasteiger partial charge is 0.315 e. The van der Waals surface area contributed by atoms with Crippen LogP contribution in [0.1, 0.15) is 25.1 Å². The lowest BCUT2D eigenvalue weighted by molar-refractivity contribution is 0.255. The SMILES string of the molecule is Cn1c(=O)c2c(nc(C#CCN3CCCCC3)n2C)n(C)c1=O. The van der Waals surface area contributed by atoms with E-state index >= 15 is 0 Å². The number of fused-ring (bicyclic) bond motifs is 1. The van der Waals surface area contributed by atoms with Gasteiger partial charge in [0, 0.05) is 21.1 Å². The first-order valence-corrected chi connectivity index (χ1v) is 7.84. The van der Waals surface area contributed by atoms with Gasteiger partial charge in [0.1, 0.15) is 0 Å². The molecule has 0 N–H and O–H groups in total. The summed E-state index contributed by atoms with van der Waals surface area (Å²) in [6.07, 6.45) is 3.75. The predicted octanol–water partition coefficient (Wildman–Crippen LogP) is -0.192. The Morgan fingerprint density at radius 2 is 1.70 bits per heavy atom. The van der Waals surface area contributed by atoms with Crippen molar-refractivity contribution in [1.29, 1.82) is 0 Å². The highest BCUT2D eigenvalue weighted by molar-refractivity contribution is 5.71. The first-order chi connectivity index (χ1) is 11.0. The average Bonchev–Trinajstić information content (AvgIpc) is 2.89. The zero-order valence-corrected chi connectivity index (χ0v) is 13.8. The molecule has 0 atom stereocenters. The van der Waals surface area contributed by atoms with Crippen LogP contribution in [0.5, 0.6) is 0 Å². The van der Waals surface area contributed by atoms with Crippen molar-refractivity contribution in [1.82, 2.24) is 23.6 Å².